The number of tetrazole rings is 1. The first-order valence-corrected chi connectivity index (χ1v) is 6.98. The second-order valence-electron chi connectivity index (χ2n) is 5.24. The van der Waals surface area contributed by atoms with Gasteiger partial charge in [0.25, 0.3) is 0 Å². The van der Waals surface area contributed by atoms with Crippen molar-refractivity contribution in [1.29, 1.82) is 0 Å². The molecule has 1 aromatic carbocycles. The summed E-state index contributed by atoms with van der Waals surface area (Å²) in [6, 6.07) is 5.62. The average molecular weight is 273 g/mol. The first-order valence-electron chi connectivity index (χ1n) is 6.98. The van der Waals surface area contributed by atoms with Crippen LogP contribution in [0.4, 0.5) is 5.69 Å². The molecule has 1 aliphatic carbocycles. The molecule has 6 nitrogen and oxygen atoms in total. The standard InChI is InChI=1S/C14H19N5O/c1-20-13-11(5-2-6-12(13)15)14-16-17-18-19(14)9-3-4-10-7-8-10/h2,5-6,10H,3-4,7-9,15H2,1H3. The summed E-state index contributed by atoms with van der Waals surface area (Å²) in [5, 5.41) is 12.0. The highest BCUT2D eigenvalue weighted by Gasteiger charge is 2.21. The molecule has 20 heavy (non-hydrogen) atoms. The Kier molecular flexibility index (Phi) is 3.54. The summed E-state index contributed by atoms with van der Waals surface area (Å²) in [6.07, 6.45) is 5.12. The number of hydrogen-bond donors (Lipinski definition) is 1. The molecule has 0 spiro atoms. The fourth-order valence-electron chi connectivity index (χ4n) is 2.44. The minimum Gasteiger partial charge on any atom is -0.494 e. The molecule has 0 amide bonds. The van der Waals surface area contributed by atoms with Crippen molar-refractivity contribution in [2.24, 2.45) is 5.92 Å². The molecule has 0 radical (unpaired) electrons. The lowest BCUT2D eigenvalue weighted by molar-refractivity contribution is 0.417. The van der Waals surface area contributed by atoms with Crippen LogP contribution in [0.3, 0.4) is 0 Å². The quantitative estimate of drug-likeness (QED) is 0.815. The van der Waals surface area contributed by atoms with Crippen molar-refractivity contribution in [2.45, 2.75) is 32.2 Å². The maximum absolute atomic E-state index is 5.93. The lowest BCUT2D eigenvalue weighted by Crippen LogP contribution is -2.05. The molecule has 106 valence electrons. The van der Waals surface area contributed by atoms with E-state index in [1.165, 1.54) is 19.3 Å². The molecular formula is C14H19N5O. The van der Waals surface area contributed by atoms with Gasteiger partial charge in [-0.25, -0.2) is 4.68 Å². The number of benzene rings is 1. The number of aryl methyl sites for hydroxylation is 1. The number of methoxy groups -OCH3 is 1. The van der Waals surface area contributed by atoms with Crippen LogP contribution in [0.2, 0.25) is 0 Å². The third-order valence-electron chi connectivity index (χ3n) is 3.70. The number of nitrogens with two attached hydrogens (primary N) is 1. The third kappa shape index (κ3) is 2.59. The zero-order valence-corrected chi connectivity index (χ0v) is 11.6. The molecule has 6 heteroatoms. The number of nitrogen functional groups attached to an aromatic ring is 1. The molecule has 1 fully saturated rings. The zero-order valence-electron chi connectivity index (χ0n) is 11.6. The second-order valence-corrected chi connectivity index (χ2v) is 5.24. The van der Waals surface area contributed by atoms with Crippen molar-refractivity contribution >= 4 is 5.69 Å². The third-order valence-corrected chi connectivity index (χ3v) is 3.70. The van der Waals surface area contributed by atoms with E-state index in [9.17, 15) is 0 Å². The maximum atomic E-state index is 5.93. The molecule has 0 saturated heterocycles. The van der Waals surface area contributed by atoms with E-state index < -0.39 is 0 Å². The Labute approximate surface area is 117 Å². The van der Waals surface area contributed by atoms with Gasteiger partial charge in [-0.3, -0.25) is 0 Å². The molecular weight excluding hydrogens is 254 g/mol. The minimum absolute atomic E-state index is 0.595. The number of anilines is 1. The van der Waals surface area contributed by atoms with Crippen LogP contribution >= 0.6 is 0 Å². The van der Waals surface area contributed by atoms with Crippen molar-refractivity contribution in [3.05, 3.63) is 18.2 Å². The molecule has 0 bridgehead atoms. The molecule has 2 aromatic rings. The van der Waals surface area contributed by atoms with E-state index in [4.69, 9.17) is 10.5 Å². The van der Waals surface area contributed by atoms with Crippen LogP contribution in [0.15, 0.2) is 18.2 Å². The van der Waals surface area contributed by atoms with E-state index in [1.54, 1.807) is 7.11 Å². The summed E-state index contributed by atoms with van der Waals surface area (Å²) in [4.78, 5) is 0. The van der Waals surface area contributed by atoms with E-state index in [-0.39, 0.29) is 0 Å². The van der Waals surface area contributed by atoms with E-state index in [0.717, 1.165) is 24.4 Å². The van der Waals surface area contributed by atoms with Crippen LogP contribution in [-0.4, -0.2) is 27.3 Å². The summed E-state index contributed by atoms with van der Waals surface area (Å²) in [7, 11) is 1.61. The number of ether oxygens (including phenoxy) is 1. The topological polar surface area (TPSA) is 78.8 Å². The van der Waals surface area contributed by atoms with Crippen molar-refractivity contribution in [3.8, 4) is 17.1 Å². The molecule has 0 atom stereocenters. The van der Waals surface area contributed by atoms with Crippen LogP contribution in [0.25, 0.3) is 11.4 Å². The van der Waals surface area contributed by atoms with Crippen molar-refractivity contribution in [3.63, 3.8) is 0 Å². The van der Waals surface area contributed by atoms with Crippen molar-refractivity contribution in [1.82, 2.24) is 20.2 Å². The van der Waals surface area contributed by atoms with Crippen LogP contribution in [-0.2, 0) is 6.54 Å². The van der Waals surface area contributed by atoms with Crippen LogP contribution < -0.4 is 10.5 Å². The van der Waals surface area contributed by atoms with Crippen LogP contribution in [0, 0.1) is 5.92 Å². The Morgan fingerprint density at radius 3 is 3.00 bits per heavy atom. The fraction of sp³-hybridized carbons (Fsp3) is 0.500. The van der Waals surface area contributed by atoms with Gasteiger partial charge in [-0.15, -0.1) is 5.10 Å². The number of para-hydroxylation sites is 1. The average Bonchev–Trinajstić information content (AvgIpc) is 3.15. The van der Waals surface area contributed by atoms with Gasteiger partial charge in [0, 0.05) is 6.54 Å². The Bertz CT molecular complexity index is 591. The first kappa shape index (κ1) is 12.9. The van der Waals surface area contributed by atoms with Gasteiger partial charge >= 0.3 is 0 Å². The summed E-state index contributed by atoms with van der Waals surface area (Å²) in [5.74, 6) is 2.27. The molecule has 0 aliphatic heterocycles. The Morgan fingerprint density at radius 1 is 1.40 bits per heavy atom. The SMILES string of the molecule is COc1c(N)cccc1-c1nnnn1CCCC1CC1. The largest absolute Gasteiger partial charge is 0.494 e. The molecule has 1 saturated carbocycles. The van der Waals surface area contributed by atoms with Crippen LogP contribution in [0.5, 0.6) is 5.75 Å². The van der Waals surface area contributed by atoms with Gasteiger partial charge < -0.3 is 10.5 Å². The molecule has 2 N–H and O–H groups in total. The lowest BCUT2D eigenvalue weighted by atomic mass is 10.1. The molecule has 0 unspecified atom stereocenters. The summed E-state index contributed by atoms with van der Waals surface area (Å²) < 4.78 is 7.21. The van der Waals surface area contributed by atoms with Gasteiger partial charge in [0.1, 0.15) is 0 Å². The van der Waals surface area contributed by atoms with E-state index in [1.807, 2.05) is 22.9 Å². The number of rotatable bonds is 6. The van der Waals surface area contributed by atoms with E-state index in [0.29, 0.717) is 17.3 Å². The normalized spacial score (nSPS) is 14.4. The Balaban J connectivity index is 1.82. The zero-order chi connectivity index (χ0) is 13.9. The molecule has 1 aromatic heterocycles. The second kappa shape index (κ2) is 5.48. The lowest BCUT2D eigenvalue weighted by Gasteiger charge is -2.10. The van der Waals surface area contributed by atoms with Gasteiger partial charge in [0.2, 0.25) is 0 Å². The maximum Gasteiger partial charge on any atom is 0.185 e. The molecule has 1 aliphatic rings. The monoisotopic (exact) mass is 273 g/mol. The van der Waals surface area contributed by atoms with Gasteiger partial charge in [-0.1, -0.05) is 18.9 Å². The molecule has 3 rings (SSSR count). The van der Waals surface area contributed by atoms with Crippen molar-refractivity contribution in [2.75, 3.05) is 12.8 Å². The van der Waals surface area contributed by atoms with Gasteiger partial charge in [-0.2, -0.15) is 0 Å². The summed E-state index contributed by atoms with van der Waals surface area (Å²) >= 11 is 0. The van der Waals surface area contributed by atoms with Gasteiger partial charge in [-0.05, 0) is 41.3 Å². The van der Waals surface area contributed by atoms with Crippen LogP contribution in [0.1, 0.15) is 25.7 Å². The van der Waals surface area contributed by atoms with Gasteiger partial charge in [0.15, 0.2) is 11.6 Å². The van der Waals surface area contributed by atoms with Gasteiger partial charge in [0.05, 0.1) is 18.4 Å². The number of nitrogens with zero attached hydrogens (tertiary/aromatic N) is 4. The highest BCUT2D eigenvalue weighted by molar-refractivity contribution is 5.73. The Hall–Kier alpha value is -2.11. The summed E-state index contributed by atoms with van der Waals surface area (Å²) in [5.41, 5.74) is 7.37. The highest BCUT2D eigenvalue weighted by atomic mass is 16.5. The number of aromatic nitrogens is 4. The predicted molar refractivity (Wildman–Crippen MR) is 76.2 cm³/mol. The smallest absolute Gasteiger partial charge is 0.185 e. The minimum atomic E-state index is 0.595. The highest BCUT2D eigenvalue weighted by Crippen LogP contribution is 2.35. The Morgan fingerprint density at radius 2 is 2.25 bits per heavy atom. The predicted octanol–water partition coefficient (Wildman–Crippen LogP) is 2.12. The number of hydrogen-bond acceptors (Lipinski definition) is 5. The summed E-state index contributed by atoms with van der Waals surface area (Å²) in [6.45, 7) is 0.830. The fourth-order valence-corrected chi connectivity index (χ4v) is 2.44. The van der Waals surface area contributed by atoms with E-state index >= 15 is 0 Å². The van der Waals surface area contributed by atoms with E-state index in [2.05, 4.69) is 15.5 Å². The molecule has 1 heterocycles. The van der Waals surface area contributed by atoms with Crippen molar-refractivity contribution < 1.29 is 4.74 Å². The first-order chi connectivity index (χ1) is 9.79.